The summed E-state index contributed by atoms with van der Waals surface area (Å²) >= 11 is 7.58. The summed E-state index contributed by atoms with van der Waals surface area (Å²) in [6.07, 6.45) is 10.7. The van der Waals surface area contributed by atoms with Crippen LogP contribution in [0.4, 0.5) is 21.9 Å². The summed E-state index contributed by atoms with van der Waals surface area (Å²) in [4.78, 5) is 86.5. The Bertz CT molecular complexity index is 4310. The van der Waals surface area contributed by atoms with Gasteiger partial charge in [-0.3, -0.25) is 29.2 Å². The molecule has 1 saturated carbocycles. The largest absolute Gasteiger partial charge is 0.489 e. The maximum Gasteiger partial charge on any atom is 0.410 e. The third kappa shape index (κ3) is 15.9. The molecule has 5 fully saturated rings. The molecule has 1 aliphatic carbocycles. The van der Waals surface area contributed by atoms with E-state index in [1.807, 2.05) is 140 Å². The van der Waals surface area contributed by atoms with E-state index in [9.17, 15) is 34.2 Å². The van der Waals surface area contributed by atoms with Gasteiger partial charge in [0, 0.05) is 78.7 Å². The topological polar surface area (TPSA) is 222 Å². The summed E-state index contributed by atoms with van der Waals surface area (Å²) in [6, 6.07) is 54.7. The van der Waals surface area contributed by atoms with Crippen LogP contribution in [0.2, 0.25) is 5.02 Å². The van der Waals surface area contributed by atoms with E-state index in [1.165, 1.54) is 23.1 Å². The van der Waals surface area contributed by atoms with Crippen molar-refractivity contribution in [2.75, 3.05) is 56.2 Å². The molecule has 0 bridgehead atoms. The normalized spacial score (nSPS) is 18.0. The quantitative estimate of drug-likeness (QED) is 0.0772. The van der Waals surface area contributed by atoms with Crippen molar-refractivity contribution in [1.29, 1.82) is 0 Å². The number of hydrogen-bond acceptors (Lipinski definition) is 14. The van der Waals surface area contributed by atoms with Crippen molar-refractivity contribution in [3.8, 4) is 28.3 Å². The molecular weight excluding hydrogens is 1280 g/mol. The van der Waals surface area contributed by atoms with Crippen molar-refractivity contribution in [2.45, 2.75) is 101 Å². The Hall–Kier alpha value is -9.86. The van der Waals surface area contributed by atoms with Gasteiger partial charge in [0.15, 0.2) is 5.17 Å². The molecule has 2 atom stereocenters. The number of aliphatic hydroxyl groups excluding tert-OH is 1. The molecule has 9 aromatic rings. The first-order valence-corrected chi connectivity index (χ1v) is 34.7. The number of fused-ring (bicyclic) bond motifs is 1. The Morgan fingerprint density at radius 3 is 2.15 bits per heavy atom. The van der Waals surface area contributed by atoms with Gasteiger partial charge in [0.25, 0.3) is 5.91 Å². The minimum Gasteiger partial charge on any atom is -0.489 e. The van der Waals surface area contributed by atoms with E-state index < -0.39 is 23.4 Å². The van der Waals surface area contributed by atoms with Crippen molar-refractivity contribution < 1.29 is 48.4 Å². The summed E-state index contributed by atoms with van der Waals surface area (Å²) in [5, 5.41) is 23.2. The number of likely N-dealkylation sites (tertiary alicyclic amines) is 2. The monoisotopic (exact) mass is 1350 g/mol. The molecule has 14 rings (SSSR count). The second-order valence-electron chi connectivity index (χ2n) is 25.1. The smallest absolute Gasteiger partial charge is 0.410 e. The van der Waals surface area contributed by atoms with Gasteiger partial charge < -0.3 is 44.1 Å². The van der Waals surface area contributed by atoms with Gasteiger partial charge in [0.1, 0.15) is 36.1 Å². The molecule has 5 aliphatic rings. The number of carboxylic acid groups (broad SMARTS) is 1. The second kappa shape index (κ2) is 31.1. The molecule has 0 radical (unpaired) electrons. The summed E-state index contributed by atoms with van der Waals surface area (Å²) in [6.45, 7) is 5.40. The van der Waals surface area contributed by atoms with E-state index in [2.05, 4.69) is 31.9 Å². The first-order chi connectivity index (χ1) is 47.8. The number of pyridine rings is 1. The number of thioether (sulfide) groups is 1. The first-order valence-electron chi connectivity index (χ1n) is 33.5. The third-order valence-corrected chi connectivity index (χ3v) is 20.1. The van der Waals surface area contributed by atoms with Crippen LogP contribution < -0.4 is 15.0 Å². The first kappa shape index (κ1) is 66.7. The fraction of sp³-hybridized carbons (Fsp3) is 0.299. The lowest BCUT2D eigenvalue weighted by atomic mass is 9.95. The van der Waals surface area contributed by atoms with E-state index in [0.717, 1.165) is 107 Å². The highest BCUT2D eigenvalue weighted by molar-refractivity contribution is 8.15. The van der Waals surface area contributed by atoms with Crippen LogP contribution in [0.25, 0.3) is 33.5 Å². The number of hydrogen-bond donors (Lipinski definition) is 3. The number of amidine groups is 1. The van der Waals surface area contributed by atoms with Gasteiger partial charge >= 0.3 is 12.1 Å². The number of anilines is 2. The number of rotatable bonds is 17. The summed E-state index contributed by atoms with van der Waals surface area (Å²) < 4.78 is 19.6. The highest BCUT2D eigenvalue weighted by Gasteiger charge is 2.40. The van der Waals surface area contributed by atoms with Gasteiger partial charge in [-0.1, -0.05) is 109 Å². The number of aromatic nitrogens is 3. The Labute approximate surface area is 578 Å². The maximum atomic E-state index is 13.9. The molecule has 19 nitrogen and oxygen atoms in total. The SMILES string of the molecule is O=C(Nc1ccc(C2SC(=Nc3ccc(N4CCOCC4)cc3)N(Cc3cccnc3)C2=O)cc1)[C@@H]1CCCN1C(=O)OCc1ccccc1.O=C(O)c1ccc2c(c1)nc(-c1ccc(OCc3cc(C(=O)N4CCC(O)CC4)ccc3-c3ccc(Cl)cc3)cc1)n2C1CCCCC1. The number of aliphatic imine (C=N–C) groups is 1. The molecule has 98 heavy (non-hydrogen) atoms. The summed E-state index contributed by atoms with van der Waals surface area (Å²) in [5.74, 6) is 0.146. The van der Waals surface area contributed by atoms with Crippen molar-refractivity contribution >= 4 is 86.4 Å². The lowest BCUT2D eigenvalue weighted by Crippen LogP contribution is -2.43. The molecule has 2 aromatic heterocycles. The number of aromatic carboxylic acids is 1. The molecule has 502 valence electrons. The van der Waals surface area contributed by atoms with Crippen molar-refractivity contribution in [2.24, 2.45) is 4.99 Å². The molecule has 4 aliphatic heterocycles. The highest BCUT2D eigenvalue weighted by atomic mass is 35.5. The number of carboxylic acids is 1. The number of amides is 4. The lowest BCUT2D eigenvalue weighted by molar-refractivity contribution is -0.126. The Morgan fingerprint density at radius 2 is 1.43 bits per heavy atom. The van der Waals surface area contributed by atoms with E-state index in [4.69, 9.17) is 35.8 Å². The zero-order valence-corrected chi connectivity index (χ0v) is 55.7. The van der Waals surface area contributed by atoms with Crippen LogP contribution in [-0.4, -0.2) is 132 Å². The molecule has 6 heterocycles. The number of piperidine rings is 1. The van der Waals surface area contributed by atoms with Crippen molar-refractivity contribution in [3.63, 3.8) is 0 Å². The summed E-state index contributed by atoms with van der Waals surface area (Å²) in [5.41, 5.74) is 11.2. The van der Waals surface area contributed by atoms with Gasteiger partial charge in [0.2, 0.25) is 11.8 Å². The number of carbonyl (C=O) groups is 5. The molecule has 7 aromatic carbocycles. The Balaban J connectivity index is 0.000000177. The average molecular weight is 1360 g/mol. The Kier molecular flexibility index (Phi) is 21.2. The lowest BCUT2D eigenvalue weighted by Gasteiger charge is -2.29. The van der Waals surface area contributed by atoms with Crippen LogP contribution in [0.5, 0.6) is 5.75 Å². The number of morpholine rings is 1. The highest BCUT2D eigenvalue weighted by Crippen LogP contribution is 2.43. The van der Waals surface area contributed by atoms with E-state index in [0.29, 0.717) is 97.4 Å². The number of ether oxygens (including phenoxy) is 3. The zero-order chi connectivity index (χ0) is 67.5. The maximum absolute atomic E-state index is 13.9. The van der Waals surface area contributed by atoms with E-state index in [1.54, 1.807) is 46.5 Å². The second-order valence-corrected chi connectivity index (χ2v) is 26.6. The third-order valence-electron chi connectivity index (χ3n) is 18.6. The standard InChI is InChI=1S/C39H38ClN3O5.C38H38N6O5S/c40-30-12-6-25(7-13-30)34-16-10-27(38(45)42-20-18-32(44)19-21-42)22-29(34)24-48-33-14-8-26(9-15-33)37-41-35-23-28(39(46)47)11-17-36(35)43(37)31-4-2-1-3-5-31;45-35(33-9-5-19-43(33)38(47)49-26-27-6-2-1-3-7-27)40-30-12-10-29(11-13-30)34-36(46)44(25-28-8-4-18-39-24-28)37(50-34)41-31-14-16-32(17-15-31)42-20-22-48-23-21-42/h6-17,22-23,31-32,44H,1-5,18-21,24H2,(H,46,47);1-4,6-8,10-18,24,33-34H,5,9,19-23,25-26H2,(H,40,45)/t;33-,34?/m.0/s1. The van der Waals surface area contributed by atoms with Crippen LogP contribution >= 0.6 is 23.4 Å². The van der Waals surface area contributed by atoms with Gasteiger partial charge in [-0.25, -0.2) is 19.6 Å². The molecule has 4 saturated heterocycles. The van der Waals surface area contributed by atoms with Gasteiger partial charge in [-0.2, -0.15) is 0 Å². The number of imidazole rings is 1. The van der Waals surface area contributed by atoms with Gasteiger partial charge in [-0.15, -0.1) is 0 Å². The summed E-state index contributed by atoms with van der Waals surface area (Å²) in [7, 11) is 0. The van der Waals surface area contributed by atoms with E-state index in [-0.39, 0.29) is 42.6 Å². The van der Waals surface area contributed by atoms with Crippen LogP contribution in [0.3, 0.4) is 0 Å². The van der Waals surface area contributed by atoms with Crippen LogP contribution in [-0.2, 0) is 38.8 Å². The fourth-order valence-electron chi connectivity index (χ4n) is 13.3. The number of nitrogens with zero attached hydrogens (tertiary/aromatic N) is 8. The number of carbonyl (C=O) groups excluding carboxylic acids is 4. The van der Waals surface area contributed by atoms with Crippen molar-refractivity contribution in [3.05, 3.63) is 227 Å². The molecule has 4 amide bonds. The van der Waals surface area contributed by atoms with Gasteiger partial charge in [-0.05, 0) is 181 Å². The minimum absolute atomic E-state index is 0.0495. The van der Waals surface area contributed by atoms with E-state index >= 15 is 0 Å². The zero-order valence-electron chi connectivity index (χ0n) is 54.2. The molecule has 0 spiro atoms. The fourth-order valence-corrected chi connectivity index (χ4v) is 14.6. The number of aliphatic hydroxyl groups is 1. The predicted octanol–water partition coefficient (Wildman–Crippen LogP) is 14.6. The molecular formula is C77H76ClN9O10S. The van der Waals surface area contributed by atoms with Crippen molar-refractivity contribution in [1.82, 2.24) is 29.2 Å². The number of nitrogens with one attached hydrogen (secondary N) is 1. The number of halogens is 1. The molecule has 21 heteroatoms. The van der Waals surface area contributed by atoms with Crippen LogP contribution in [0.1, 0.15) is 112 Å². The minimum atomic E-state index is -0.965. The van der Waals surface area contributed by atoms with Gasteiger partial charge in [0.05, 0.1) is 48.1 Å². The average Bonchev–Trinajstić information content (AvgIpc) is 1.61. The molecule has 1 unspecified atom stereocenters. The number of benzene rings is 7. The Morgan fingerprint density at radius 1 is 0.704 bits per heavy atom. The molecule has 3 N–H and O–H groups in total. The predicted molar refractivity (Wildman–Crippen MR) is 380 cm³/mol. The van der Waals surface area contributed by atoms with Crippen LogP contribution in [0.15, 0.2) is 193 Å². The van der Waals surface area contributed by atoms with Crippen LogP contribution in [0, 0.1) is 0 Å².